The van der Waals surface area contributed by atoms with Gasteiger partial charge in [-0.1, -0.05) is 6.08 Å². The fourth-order valence-electron chi connectivity index (χ4n) is 0.657. The van der Waals surface area contributed by atoms with Crippen LogP contribution < -0.4 is 5.32 Å². The molecule has 2 nitrogen and oxygen atoms in total. The number of rotatable bonds is 3. The summed E-state index contributed by atoms with van der Waals surface area (Å²) in [5.74, 6) is 0.334. The van der Waals surface area contributed by atoms with Gasteiger partial charge in [0, 0.05) is 6.54 Å². The van der Waals surface area contributed by atoms with E-state index in [1.165, 1.54) is 12.3 Å². The zero-order valence-electron chi connectivity index (χ0n) is 6.05. The largest absolute Gasteiger partial charge is 0.367 e. The number of nitrogens with zero attached hydrogens (tertiary/aromatic N) is 1. The van der Waals surface area contributed by atoms with Gasteiger partial charge in [-0.05, 0) is 12.1 Å². The number of halogens is 1. The molecule has 0 amide bonds. The lowest BCUT2D eigenvalue weighted by molar-refractivity contribution is 0.622. The fraction of sp³-hybridized carbons (Fsp3) is 0.125. The molecule has 0 aromatic carbocycles. The van der Waals surface area contributed by atoms with Crippen LogP contribution in [0.5, 0.6) is 0 Å². The number of hydrogen-bond donors (Lipinski definition) is 1. The van der Waals surface area contributed by atoms with Crippen LogP contribution >= 0.6 is 0 Å². The highest BCUT2D eigenvalue weighted by Crippen LogP contribution is 2.02. The van der Waals surface area contributed by atoms with E-state index >= 15 is 0 Å². The van der Waals surface area contributed by atoms with E-state index in [9.17, 15) is 4.39 Å². The summed E-state index contributed by atoms with van der Waals surface area (Å²) in [6.45, 7) is 4.17. The minimum Gasteiger partial charge on any atom is -0.367 e. The molecule has 0 spiro atoms. The molecule has 0 unspecified atom stereocenters. The van der Waals surface area contributed by atoms with Crippen molar-refractivity contribution in [2.24, 2.45) is 0 Å². The van der Waals surface area contributed by atoms with E-state index in [2.05, 4.69) is 16.9 Å². The molecule has 0 bridgehead atoms. The molecule has 11 heavy (non-hydrogen) atoms. The number of hydrogen-bond acceptors (Lipinski definition) is 2. The summed E-state index contributed by atoms with van der Waals surface area (Å²) in [6, 6.07) is 2.94. The topological polar surface area (TPSA) is 24.9 Å². The highest BCUT2D eigenvalue weighted by molar-refractivity contribution is 5.33. The molecule has 0 saturated carbocycles. The zero-order chi connectivity index (χ0) is 8.10. The van der Waals surface area contributed by atoms with E-state index in [0.29, 0.717) is 12.4 Å². The predicted molar refractivity (Wildman–Crippen MR) is 42.9 cm³/mol. The second-order valence-electron chi connectivity index (χ2n) is 2.03. The van der Waals surface area contributed by atoms with E-state index in [-0.39, 0.29) is 5.82 Å². The zero-order valence-corrected chi connectivity index (χ0v) is 6.05. The number of nitrogens with one attached hydrogen (secondary N) is 1. The Morgan fingerprint density at radius 3 is 3.00 bits per heavy atom. The Morgan fingerprint density at radius 2 is 2.45 bits per heavy atom. The Morgan fingerprint density at radius 1 is 1.64 bits per heavy atom. The van der Waals surface area contributed by atoms with Gasteiger partial charge in [0.2, 0.25) is 0 Å². The van der Waals surface area contributed by atoms with Crippen molar-refractivity contribution in [3.8, 4) is 0 Å². The Kier molecular flexibility index (Phi) is 2.60. The molecular weight excluding hydrogens is 143 g/mol. The molecule has 0 saturated heterocycles. The van der Waals surface area contributed by atoms with E-state index in [1.807, 2.05) is 0 Å². The van der Waals surface area contributed by atoms with Crippen molar-refractivity contribution in [1.29, 1.82) is 0 Å². The minimum atomic E-state index is -0.325. The van der Waals surface area contributed by atoms with Gasteiger partial charge in [0.1, 0.15) is 11.6 Å². The van der Waals surface area contributed by atoms with Crippen LogP contribution in [0.15, 0.2) is 31.0 Å². The second kappa shape index (κ2) is 3.71. The smallest absolute Gasteiger partial charge is 0.141 e. The summed E-state index contributed by atoms with van der Waals surface area (Å²) >= 11 is 0. The van der Waals surface area contributed by atoms with Gasteiger partial charge in [-0.2, -0.15) is 0 Å². The molecule has 0 aliphatic carbocycles. The van der Waals surface area contributed by atoms with Crippen molar-refractivity contribution >= 4 is 5.82 Å². The molecule has 0 aliphatic heterocycles. The molecule has 1 aromatic rings. The van der Waals surface area contributed by atoms with Crippen LogP contribution in [0.2, 0.25) is 0 Å². The average molecular weight is 152 g/mol. The van der Waals surface area contributed by atoms with E-state index < -0.39 is 0 Å². The van der Waals surface area contributed by atoms with Crippen molar-refractivity contribution in [2.45, 2.75) is 0 Å². The number of aromatic nitrogens is 1. The third-order valence-electron chi connectivity index (χ3n) is 1.15. The Balaban J connectivity index is 2.58. The van der Waals surface area contributed by atoms with Gasteiger partial charge in [-0.25, -0.2) is 9.37 Å². The van der Waals surface area contributed by atoms with Gasteiger partial charge >= 0.3 is 0 Å². The third kappa shape index (κ3) is 2.37. The van der Waals surface area contributed by atoms with Gasteiger partial charge in [-0.15, -0.1) is 6.58 Å². The molecule has 1 aromatic heterocycles. The molecule has 0 fully saturated rings. The first-order chi connectivity index (χ1) is 5.33. The van der Waals surface area contributed by atoms with Crippen LogP contribution in [0, 0.1) is 5.82 Å². The van der Waals surface area contributed by atoms with Crippen molar-refractivity contribution in [2.75, 3.05) is 11.9 Å². The van der Waals surface area contributed by atoms with Crippen molar-refractivity contribution < 1.29 is 4.39 Å². The molecule has 0 aliphatic rings. The monoisotopic (exact) mass is 152 g/mol. The van der Waals surface area contributed by atoms with Gasteiger partial charge in [-0.3, -0.25) is 0 Å². The van der Waals surface area contributed by atoms with E-state index in [0.717, 1.165) is 0 Å². The van der Waals surface area contributed by atoms with Crippen molar-refractivity contribution in [1.82, 2.24) is 4.98 Å². The normalized spacial score (nSPS) is 9.18. The minimum absolute atomic E-state index is 0.325. The first kappa shape index (κ1) is 7.72. The summed E-state index contributed by atoms with van der Waals surface area (Å²) in [7, 11) is 0. The highest BCUT2D eigenvalue weighted by atomic mass is 19.1. The summed E-state index contributed by atoms with van der Waals surface area (Å²) in [5.41, 5.74) is 0. The summed E-state index contributed by atoms with van der Waals surface area (Å²) in [5, 5.41) is 2.93. The Hall–Kier alpha value is -1.38. The van der Waals surface area contributed by atoms with E-state index in [4.69, 9.17) is 0 Å². The third-order valence-corrected chi connectivity index (χ3v) is 1.15. The summed E-state index contributed by atoms with van der Waals surface area (Å²) in [4.78, 5) is 3.78. The lowest BCUT2D eigenvalue weighted by Crippen LogP contribution is -1.99. The van der Waals surface area contributed by atoms with Crippen LogP contribution in [0.25, 0.3) is 0 Å². The van der Waals surface area contributed by atoms with Crippen LogP contribution in [0.1, 0.15) is 0 Å². The molecule has 0 radical (unpaired) electrons. The van der Waals surface area contributed by atoms with Gasteiger partial charge in [0.05, 0.1) is 6.20 Å². The first-order valence-electron chi connectivity index (χ1n) is 3.29. The lowest BCUT2D eigenvalue weighted by atomic mass is 10.4. The molecule has 1 rings (SSSR count). The van der Waals surface area contributed by atoms with Gasteiger partial charge in [0.25, 0.3) is 0 Å². The summed E-state index contributed by atoms with van der Waals surface area (Å²) < 4.78 is 12.3. The van der Waals surface area contributed by atoms with Crippen LogP contribution in [0.4, 0.5) is 10.2 Å². The number of anilines is 1. The average Bonchev–Trinajstić information content (AvgIpc) is 2.04. The van der Waals surface area contributed by atoms with Gasteiger partial charge < -0.3 is 5.32 Å². The van der Waals surface area contributed by atoms with Gasteiger partial charge in [0.15, 0.2) is 0 Å². The van der Waals surface area contributed by atoms with Crippen molar-refractivity contribution in [3.63, 3.8) is 0 Å². The van der Waals surface area contributed by atoms with E-state index in [1.54, 1.807) is 12.1 Å². The van der Waals surface area contributed by atoms with Crippen LogP contribution in [0.3, 0.4) is 0 Å². The maximum absolute atomic E-state index is 12.3. The maximum Gasteiger partial charge on any atom is 0.141 e. The molecule has 1 heterocycles. The number of pyridine rings is 1. The Bertz CT molecular complexity index is 230. The maximum atomic E-state index is 12.3. The second-order valence-corrected chi connectivity index (χ2v) is 2.03. The highest BCUT2D eigenvalue weighted by Gasteiger charge is 1.90. The molecule has 0 atom stereocenters. The van der Waals surface area contributed by atoms with Crippen LogP contribution in [-0.2, 0) is 0 Å². The lowest BCUT2D eigenvalue weighted by Gasteiger charge is -1.99. The standard InChI is InChI=1S/C8H9FN2/c1-2-5-10-8-4-3-7(9)6-11-8/h2-4,6H,1,5H2,(H,10,11). The summed E-state index contributed by atoms with van der Waals surface area (Å²) in [6.07, 6.45) is 2.89. The Labute approximate surface area is 64.8 Å². The van der Waals surface area contributed by atoms with Crippen LogP contribution in [-0.4, -0.2) is 11.5 Å². The SMILES string of the molecule is C=CCNc1ccc(F)cn1. The molecule has 1 N–H and O–H groups in total. The predicted octanol–water partition coefficient (Wildman–Crippen LogP) is 1.82. The molecule has 3 heteroatoms. The quantitative estimate of drug-likeness (QED) is 0.668. The van der Waals surface area contributed by atoms with Crippen molar-refractivity contribution in [3.05, 3.63) is 36.8 Å². The first-order valence-corrected chi connectivity index (χ1v) is 3.29. The molecule has 58 valence electrons. The fourth-order valence-corrected chi connectivity index (χ4v) is 0.657. The molecular formula is C8H9FN2.